The molecule has 21 heavy (non-hydrogen) atoms. The van der Waals surface area contributed by atoms with Gasteiger partial charge in [-0.2, -0.15) is 0 Å². The van der Waals surface area contributed by atoms with Crippen molar-refractivity contribution in [3.63, 3.8) is 0 Å². The van der Waals surface area contributed by atoms with E-state index in [1.165, 1.54) is 5.56 Å². The van der Waals surface area contributed by atoms with Gasteiger partial charge in [-0.05, 0) is 37.3 Å². The Labute approximate surface area is 167 Å². The van der Waals surface area contributed by atoms with Crippen molar-refractivity contribution in [2.75, 3.05) is 0 Å². The van der Waals surface area contributed by atoms with Crippen molar-refractivity contribution in [1.82, 2.24) is 9.97 Å². The number of aromatic nitrogens is 2. The first-order chi connectivity index (χ1) is 9.61. The molecule has 0 fully saturated rings. The second-order valence-electron chi connectivity index (χ2n) is 4.53. The summed E-state index contributed by atoms with van der Waals surface area (Å²) >= 11 is 1.58. The summed E-state index contributed by atoms with van der Waals surface area (Å²) in [4.78, 5) is 29.9. The molecule has 1 heterocycles. The molecule has 0 atom stereocenters. The number of hydrogen-bond donors (Lipinski definition) is 2. The molecule has 2 N–H and O–H groups in total. The van der Waals surface area contributed by atoms with Crippen LogP contribution < -0.4 is 62.6 Å². The van der Waals surface area contributed by atoms with Crippen LogP contribution in [0, 0.1) is 6.92 Å². The van der Waals surface area contributed by atoms with E-state index in [0.29, 0.717) is 10.9 Å². The van der Waals surface area contributed by atoms with E-state index in [-0.39, 0.29) is 56.9 Å². The van der Waals surface area contributed by atoms with Crippen molar-refractivity contribution in [3.8, 4) is 0 Å². The Balaban J connectivity index is 0.00000161. The van der Waals surface area contributed by atoms with E-state index in [0.717, 1.165) is 9.79 Å². The summed E-state index contributed by atoms with van der Waals surface area (Å²) in [5, 5.41) is 0.488. The van der Waals surface area contributed by atoms with Crippen molar-refractivity contribution in [2.24, 2.45) is 0 Å². The molecule has 0 radical (unpaired) electrons. The molecule has 3 aromatic rings. The number of H-pyrrole nitrogens is 2. The van der Waals surface area contributed by atoms with Crippen molar-refractivity contribution < 1.29 is 51.4 Å². The van der Waals surface area contributed by atoms with Gasteiger partial charge in [0.05, 0.1) is 10.9 Å². The first kappa shape index (κ1) is 16.7. The molecule has 0 unspecified atom stereocenters. The molecule has 0 amide bonds. The Morgan fingerprint density at radius 3 is 2.29 bits per heavy atom. The zero-order chi connectivity index (χ0) is 14.1. The van der Waals surface area contributed by atoms with Crippen LogP contribution in [0.15, 0.2) is 61.8 Å². The average molecular weight is 323 g/mol. The van der Waals surface area contributed by atoms with Crippen LogP contribution in [0.1, 0.15) is 5.56 Å². The molecule has 100 valence electrons. The van der Waals surface area contributed by atoms with Crippen LogP contribution in [0.3, 0.4) is 0 Å². The number of rotatable bonds is 2. The number of nitrogens with one attached hydrogen (secondary N) is 2. The summed E-state index contributed by atoms with van der Waals surface area (Å²) < 4.78 is 0. The number of benzene rings is 2. The molecule has 3 rings (SSSR count). The van der Waals surface area contributed by atoms with E-state index in [1.807, 2.05) is 37.3 Å². The van der Waals surface area contributed by atoms with Gasteiger partial charge in [-0.15, -0.1) is 0 Å². The van der Waals surface area contributed by atoms with Crippen LogP contribution in [0.25, 0.3) is 10.9 Å². The Bertz CT molecular complexity index is 885. The molecule has 0 saturated carbocycles. The van der Waals surface area contributed by atoms with Crippen molar-refractivity contribution in [1.29, 1.82) is 0 Å². The van der Waals surface area contributed by atoms with Crippen molar-refractivity contribution in [2.45, 2.75) is 16.7 Å². The van der Waals surface area contributed by atoms with Gasteiger partial charge in [0.1, 0.15) is 0 Å². The largest absolute Gasteiger partial charge is 1.00 e. The van der Waals surface area contributed by atoms with Gasteiger partial charge in [0.2, 0.25) is 0 Å². The van der Waals surface area contributed by atoms with Gasteiger partial charge in [0.15, 0.2) is 0 Å². The molecule has 6 heteroatoms. The van der Waals surface area contributed by atoms with Gasteiger partial charge in [0.25, 0.3) is 5.56 Å². The van der Waals surface area contributed by atoms with Gasteiger partial charge < -0.3 is 4.98 Å². The van der Waals surface area contributed by atoms with Crippen LogP contribution in [0.5, 0.6) is 0 Å². The third-order valence-corrected chi connectivity index (χ3v) is 3.97. The van der Waals surface area contributed by atoms with Crippen LogP contribution in [0.4, 0.5) is 0 Å². The number of aryl methyl sites for hydroxylation is 1. The Morgan fingerprint density at radius 2 is 1.57 bits per heavy atom. The fourth-order valence-corrected chi connectivity index (χ4v) is 2.81. The molecule has 0 aliphatic rings. The maximum absolute atomic E-state index is 11.8. The molecule has 1 aromatic heterocycles. The maximum atomic E-state index is 11.8. The molecule has 0 saturated heterocycles. The summed E-state index contributed by atoms with van der Waals surface area (Å²) in [6.07, 6.45) is 0. The standard InChI is InChI=1S/C15H12N2O2S.K/c1-9-2-4-10(5-3-9)20-11-6-7-13-12(8-11)14(18)17-15(19)16-13;/h2-8H,1H3,(H2,16,17,18,19);/q;+1. The molecular weight excluding hydrogens is 311 g/mol. The Kier molecular flexibility index (Phi) is 5.64. The minimum atomic E-state index is -0.485. The van der Waals surface area contributed by atoms with Gasteiger partial charge in [-0.3, -0.25) is 9.78 Å². The molecule has 0 spiro atoms. The molecule has 0 aliphatic carbocycles. The number of fused-ring (bicyclic) bond motifs is 1. The summed E-state index contributed by atoms with van der Waals surface area (Å²) in [5.41, 5.74) is 0.908. The predicted molar refractivity (Wildman–Crippen MR) is 80.5 cm³/mol. The minimum absolute atomic E-state index is 0. The Morgan fingerprint density at radius 1 is 0.905 bits per heavy atom. The van der Waals surface area contributed by atoms with E-state index in [9.17, 15) is 9.59 Å². The smallest absolute Gasteiger partial charge is 0.307 e. The molecule has 4 nitrogen and oxygen atoms in total. The second kappa shape index (κ2) is 7.08. The van der Waals surface area contributed by atoms with Crippen LogP contribution in [-0.2, 0) is 0 Å². The topological polar surface area (TPSA) is 65.7 Å². The first-order valence-corrected chi connectivity index (χ1v) is 6.94. The summed E-state index contributed by atoms with van der Waals surface area (Å²) in [7, 11) is 0. The van der Waals surface area contributed by atoms with Gasteiger partial charge in [-0.1, -0.05) is 29.5 Å². The van der Waals surface area contributed by atoms with Crippen LogP contribution in [-0.4, -0.2) is 9.97 Å². The second-order valence-corrected chi connectivity index (χ2v) is 5.68. The van der Waals surface area contributed by atoms with Crippen LogP contribution >= 0.6 is 11.8 Å². The summed E-state index contributed by atoms with van der Waals surface area (Å²) in [5.74, 6) is 0. The zero-order valence-corrected chi connectivity index (χ0v) is 15.7. The van der Waals surface area contributed by atoms with E-state index in [1.54, 1.807) is 23.9 Å². The van der Waals surface area contributed by atoms with Gasteiger partial charge in [0, 0.05) is 9.79 Å². The van der Waals surface area contributed by atoms with E-state index < -0.39 is 5.69 Å². The van der Waals surface area contributed by atoms with Gasteiger partial charge >= 0.3 is 57.1 Å². The summed E-state index contributed by atoms with van der Waals surface area (Å²) in [6.45, 7) is 2.04. The van der Waals surface area contributed by atoms with Crippen molar-refractivity contribution >= 4 is 22.7 Å². The quantitative estimate of drug-likeness (QED) is 0.635. The predicted octanol–water partition coefficient (Wildman–Crippen LogP) is -0.320. The van der Waals surface area contributed by atoms with Gasteiger partial charge in [-0.25, -0.2) is 4.79 Å². The molecule has 0 aliphatic heterocycles. The summed E-state index contributed by atoms with van der Waals surface area (Å²) in [6, 6.07) is 13.6. The molecular formula is C15H12KN2O2S+. The number of aromatic amines is 2. The molecule has 0 bridgehead atoms. The number of hydrogen-bond acceptors (Lipinski definition) is 3. The van der Waals surface area contributed by atoms with Crippen LogP contribution in [0.2, 0.25) is 0 Å². The SMILES string of the molecule is Cc1ccc(Sc2ccc3[nH]c(=O)[nH]c(=O)c3c2)cc1.[K+]. The monoisotopic (exact) mass is 323 g/mol. The van der Waals surface area contributed by atoms with E-state index in [4.69, 9.17) is 0 Å². The fourth-order valence-electron chi connectivity index (χ4n) is 1.95. The third-order valence-electron chi connectivity index (χ3n) is 2.97. The molecule has 2 aromatic carbocycles. The minimum Gasteiger partial charge on any atom is -0.307 e. The van der Waals surface area contributed by atoms with E-state index in [2.05, 4.69) is 9.97 Å². The van der Waals surface area contributed by atoms with Crippen molar-refractivity contribution in [3.05, 3.63) is 68.9 Å². The maximum Gasteiger partial charge on any atom is 1.00 e. The third kappa shape index (κ3) is 3.97. The Hall–Kier alpha value is -0.634. The average Bonchev–Trinajstić information content (AvgIpc) is 2.42. The zero-order valence-electron chi connectivity index (χ0n) is 11.8. The van der Waals surface area contributed by atoms with E-state index >= 15 is 0 Å². The fraction of sp³-hybridized carbons (Fsp3) is 0.0667. The first-order valence-electron chi connectivity index (χ1n) is 6.13. The normalized spacial score (nSPS) is 10.3.